The van der Waals surface area contributed by atoms with E-state index in [1.165, 1.54) is 23.5 Å². The highest BCUT2D eigenvalue weighted by Crippen LogP contribution is 2.24. The van der Waals surface area contributed by atoms with Gasteiger partial charge < -0.3 is 10.2 Å². The van der Waals surface area contributed by atoms with Crippen molar-refractivity contribution in [2.45, 2.75) is 13.3 Å². The third kappa shape index (κ3) is 3.44. The maximum absolute atomic E-state index is 13.1. The molecule has 0 saturated carbocycles. The van der Waals surface area contributed by atoms with Gasteiger partial charge in [-0.15, -0.1) is 11.3 Å². The van der Waals surface area contributed by atoms with Crippen LogP contribution in [0.5, 0.6) is 0 Å². The number of rotatable bonds is 5. The van der Waals surface area contributed by atoms with E-state index in [0.29, 0.717) is 42.4 Å². The lowest BCUT2D eigenvalue weighted by Gasteiger charge is -2.13. The Morgan fingerprint density at radius 1 is 1.37 bits per heavy atom. The van der Waals surface area contributed by atoms with Gasteiger partial charge in [0.25, 0.3) is 5.91 Å². The fourth-order valence-electron chi connectivity index (χ4n) is 3.33. The number of hydrogen-bond donors (Lipinski definition) is 1. The van der Waals surface area contributed by atoms with E-state index in [9.17, 15) is 14.0 Å². The van der Waals surface area contributed by atoms with Gasteiger partial charge in [0.15, 0.2) is 4.96 Å². The Kier molecular flexibility index (Phi) is 4.65. The van der Waals surface area contributed by atoms with Crippen LogP contribution in [0.25, 0.3) is 16.2 Å². The van der Waals surface area contributed by atoms with Gasteiger partial charge in [-0.3, -0.25) is 14.0 Å². The van der Waals surface area contributed by atoms with Crippen molar-refractivity contribution < 1.29 is 14.0 Å². The number of hydrogen-bond acceptors (Lipinski definition) is 4. The summed E-state index contributed by atoms with van der Waals surface area (Å²) in [5, 5.41) is 4.70. The molecule has 0 spiro atoms. The van der Waals surface area contributed by atoms with Crippen LogP contribution in [0, 0.1) is 11.7 Å². The Balaban J connectivity index is 1.48. The van der Waals surface area contributed by atoms with Gasteiger partial charge >= 0.3 is 0 Å². The normalized spacial score (nSPS) is 17.0. The summed E-state index contributed by atoms with van der Waals surface area (Å²) in [6, 6.07) is 6.11. The van der Waals surface area contributed by atoms with Gasteiger partial charge in [0.05, 0.1) is 5.69 Å². The lowest BCUT2D eigenvalue weighted by molar-refractivity contribution is -0.127. The summed E-state index contributed by atoms with van der Waals surface area (Å²) in [6.07, 6.45) is 2.26. The van der Waals surface area contributed by atoms with Gasteiger partial charge in [0.1, 0.15) is 11.5 Å². The molecule has 1 aliphatic heterocycles. The monoisotopic (exact) mass is 386 g/mol. The zero-order valence-corrected chi connectivity index (χ0v) is 15.6. The molecule has 1 atom stereocenters. The van der Waals surface area contributed by atoms with Crippen LogP contribution < -0.4 is 5.32 Å². The molecule has 4 rings (SSSR count). The Morgan fingerprint density at radius 3 is 2.85 bits per heavy atom. The van der Waals surface area contributed by atoms with Crippen LogP contribution in [0.1, 0.15) is 23.8 Å². The molecule has 1 fully saturated rings. The fourth-order valence-corrected chi connectivity index (χ4v) is 4.18. The third-order valence-corrected chi connectivity index (χ3v) is 5.65. The number of imidazole rings is 1. The maximum Gasteiger partial charge on any atom is 0.269 e. The van der Waals surface area contributed by atoms with Gasteiger partial charge in [-0.2, -0.15) is 0 Å². The number of carbonyl (C=O) groups is 2. The number of amides is 2. The molecule has 2 amide bonds. The summed E-state index contributed by atoms with van der Waals surface area (Å²) in [6.45, 7) is 3.82. The van der Waals surface area contributed by atoms with Crippen LogP contribution in [0.4, 0.5) is 4.39 Å². The fraction of sp³-hybridized carbons (Fsp3) is 0.316. The number of nitrogens with zero attached hydrogens (tertiary/aromatic N) is 3. The molecule has 2 aromatic heterocycles. The van der Waals surface area contributed by atoms with Crippen molar-refractivity contribution >= 4 is 28.1 Å². The smallest absolute Gasteiger partial charge is 0.269 e. The number of carbonyl (C=O) groups excluding carboxylic acids is 2. The predicted molar refractivity (Wildman–Crippen MR) is 101 cm³/mol. The van der Waals surface area contributed by atoms with Gasteiger partial charge in [-0.05, 0) is 31.2 Å². The maximum atomic E-state index is 13.1. The average molecular weight is 386 g/mol. The lowest BCUT2D eigenvalue weighted by atomic mass is 10.1. The standard InChI is InChI=1S/C19H19FN4O2S/c1-2-23-9-12(7-17(23)25)8-21-18(26)16-11-27-19-22-15(10-24(16)19)13-3-5-14(20)6-4-13/h3-6,10-12H,2,7-9H2,1H3,(H,21,26). The lowest BCUT2D eigenvalue weighted by Crippen LogP contribution is -2.31. The van der Waals surface area contributed by atoms with Crippen LogP contribution in [-0.4, -0.2) is 45.7 Å². The number of thiazole rings is 1. The van der Waals surface area contributed by atoms with Gasteiger partial charge in [0.2, 0.25) is 5.91 Å². The number of fused-ring (bicyclic) bond motifs is 1. The zero-order valence-electron chi connectivity index (χ0n) is 14.8. The van der Waals surface area contributed by atoms with E-state index in [4.69, 9.17) is 0 Å². The quantitative estimate of drug-likeness (QED) is 0.733. The predicted octanol–water partition coefficient (Wildman–Crippen LogP) is 2.80. The molecule has 8 heteroatoms. The molecule has 140 valence electrons. The van der Waals surface area contributed by atoms with Crippen molar-refractivity contribution in [3.05, 3.63) is 47.4 Å². The van der Waals surface area contributed by atoms with Crippen LogP contribution >= 0.6 is 11.3 Å². The first-order chi connectivity index (χ1) is 13.0. The molecule has 0 radical (unpaired) electrons. The molecule has 6 nitrogen and oxygen atoms in total. The van der Waals surface area contributed by atoms with E-state index >= 15 is 0 Å². The highest BCUT2D eigenvalue weighted by atomic mass is 32.1. The first-order valence-electron chi connectivity index (χ1n) is 8.83. The highest BCUT2D eigenvalue weighted by Gasteiger charge is 2.28. The molecule has 3 aromatic rings. The largest absolute Gasteiger partial charge is 0.350 e. The number of benzene rings is 1. The van der Waals surface area contributed by atoms with E-state index in [0.717, 1.165) is 5.56 Å². The molecule has 27 heavy (non-hydrogen) atoms. The summed E-state index contributed by atoms with van der Waals surface area (Å²) >= 11 is 1.38. The molecular weight excluding hydrogens is 367 g/mol. The summed E-state index contributed by atoms with van der Waals surface area (Å²) < 4.78 is 14.8. The molecule has 0 bridgehead atoms. The number of nitrogens with one attached hydrogen (secondary N) is 1. The summed E-state index contributed by atoms with van der Waals surface area (Å²) in [5.74, 6) is -0.195. The van der Waals surface area contributed by atoms with E-state index in [2.05, 4.69) is 10.3 Å². The van der Waals surface area contributed by atoms with E-state index in [1.807, 2.05) is 11.8 Å². The second-order valence-corrected chi connectivity index (χ2v) is 7.46. The molecule has 1 aliphatic rings. The number of likely N-dealkylation sites (tertiary alicyclic amines) is 1. The van der Waals surface area contributed by atoms with Crippen molar-refractivity contribution in [2.24, 2.45) is 5.92 Å². The minimum Gasteiger partial charge on any atom is -0.350 e. The van der Waals surface area contributed by atoms with Crippen LogP contribution in [0.2, 0.25) is 0 Å². The van der Waals surface area contributed by atoms with Crippen LogP contribution in [0.3, 0.4) is 0 Å². The second kappa shape index (κ2) is 7.11. The van der Waals surface area contributed by atoms with Gasteiger partial charge in [-0.25, -0.2) is 9.37 Å². The summed E-state index contributed by atoms with van der Waals surface area (Å²) in [5.41, 5.74) is 1.99. The molecule has 0 aliphatic carbocycles. The Bertz CT molecular complexity index is 995. The Labute approximate surface area is 159 Å². The Morgan fingerprint density at radius 2 is 2.15 bits per heavy atom. The zero-order chi connectivity index (χ0) is 19.0. The number of halogens is 1. The third-order valence-electron chi connectivity index (χ3n) is 4.81. The van der Waals surface area contributed by atoms with Gasteiger partial charge in [0, 0.05) is 49.1 Å². The van der Waals surface area contributed by atoms with Gasteiger partial charge in [-0.1, -0.05) is 0 Å². The van der Waals surface area contributed by atoms with E-state index < -0.39 is 0 Å². The van der Waals surface area contributed by atoms with Crippen LogP contribution in [-0.2, 0) is 4.79 Å². The van der Waals surface area contributed by atoms with E-state index in [-0.39, 0.29) is 23.5 Å². The Hall–Kier alpha value is -2.74. The van der Waals surface area contributed by atoms with E-state index in [1.54, 1.807) is 28.1 Å². The summed E-state index contributed by atoms with van der Waals surface area (Å²) in [7, 11) is 0. The minimum absolute atomic E-state index is 0.146. The minimum atomic E-state index is -0.299. The molecule has 1 unspecified atom stereocenters. The molecule has 3 heterocycles. The van der Waals surface area contributed by atoms with Crippen molar-refractivity contribution in [3.8, 4) is 11.3 Å². The average Bonchev–Trinajstić information content (AvgIpc) is 3.34. The molecule has 1 N–H and O–H groups in total. The molecule has 1 saturated heterocycles. The van der Waals surface area contributed by atoms with Crippen molar-refractivity contribution in [2.75, 3.05) is 19.6 Å². The van der Waals surface area contributed by atoms with Crippen LogP contribution in [0.15, 0.2) is 35.8 Å². The number of aromatic nitrogens is 2. The summed E-state index contributed by atoms with van der Waals surface area (Å²) in [4.78, 5) is 31.4. The highest BCUT2D eigenvalue weighted by molar-refractivity contribution is 7.15. The second-order valence-electron chi connectivity index (χ2n) is 6.62. The first-order valence-corrected chi connectivity index (χ1v) is 9.71. The first kappa shape index (κ1) is 17.7. The van der Waals surface area contributed by atoms with Crippen molar-refractivity contribution in [1.82, 2.24) is 19.6 Å². The molecular formula is C19H19FN4O2S. The molecule has 1 aromatic carbocycles. The van der Waals surface area contributed by atoms with Crippen molar-refractivity contribution in [3.63, 3.8) is 0 Å². The SMILES string of the molecule is CCN1CC(CNC(=O)c2csc3nc(-c4ccc(F)cc4)cn23)CC1=O. The topological polar surface area (TPSA) is 66.7 Å². The van der Waals surface area contributed by atoms with Crippen molar-refractivity contribution in [1.29, 1.82) is 0 Å².